The van der Waals surface area contributed by atoms with Crippen LogP contribution in [0.15, 0.2) is 36.4 Å². The van der Waals surface area contributed by atoms with Crippen LogP contribution in [-0.4, -0.2) is 25.3 Å². The van der Waals surface area contributed by atoms with Crippen LogP contribution in [0.1, 0.15) is 35.9 Å². The van der Waals surface area contributed by atoms with Crippen molar-refractivity contribution in [1.29, 1.82) is 0 Å². The van der Waals surface area contributed by atoms with Gasteiger partial charge in [0.15, 0.2) is 5.82 Å². The molecular weight excluding hydrogens is 348 g/mol. The molecule has 1 aliphatic carbocycles. The number of benzene rings is 2. The number of fused-ring (bicyclic) bond motifs is 2. The number of allylic oxidation sites excluding steroid dienone is 1. The van der Waals surface area contributed by atoms with E-state index in [1.807, 2.05) is 19.1 Å². The smallest absolute Gasteiger partial charge is 0.159 e. The van der Waals surface area contributed by atoms with Crippen molar-refractivity contribution in [1.82, 2.24) is 20.2 Å². The number of aryl methyl sites for hydroxylation is 2. The Bertz CT molecular complexity index is 1230. The zero-order valence-electron chi connectivity index (χ0n) is 16.0. The summed E-state index contributed by atoms with van der Waals surface area (Å²) in [6.45, 7) is 4.05. The summed E-state index contributed by atoms with van der Waals surface area (Å²) in [4.78, 5) is 8.18. The summed E-state index contributed by atoms with van der Waals surface area (Å²) >= 11 is 0. The number of rotatable bonds is 3. The third-order valence-corrected chi connectivity index (χ3v) is 5.59. The van der Waals surface area contributed by atoms with Crippen molar-refractivity contribution >= 4 is 17.0 Å². The van der Waals surface area contributed by atoms with Crippen LogP contribution in [0.5, 0.6) is 5.75 Å². The van der Waals surface area contributed by atoms with Crippen LogP contribution in [0, 0.1) is 6.92 Å². The Hall–Kier alpha value is -3.34. The first-order valence-electron chi connectivity index (χ1n) is 9.71. The van der Waals surface area contributed by atoms with Crippen LogP contribution in [0.25, 0.3) is 39.6 Å². The van der Waals surface area contributed by atoms with Crippen molar-refractivity contribution in [2.75, 3.05) is 0 Å². The summed E-state index contributed by atoms with van der Waals surface area (Å²) in [6.07, 6.45) is 7.13. The highest BCUT2D eigenvalue weighted by Crippen LogP contribution is 2.35. The highest BCUT2D eigenvalue weighted by Gasteiger charge is 2.17. The molecule has 0 spiro atoms. The van der Waals surface area contributed by atoms with Crippen LogP contribution < -0.4 is 0 Å². The molecule has 4 aromatic rings. The van der Waals surface area contributed by atoms with Gasteiger partial charge in [0.2, 0.25) is 0 Å². The summed E-state index contributed by atoms with van der Waals surface area (Å²) in [5.74, 6) is 1.13. The van der Waals surface area contributed by atoms with Gasteiger partial charge in [-0.25, -0.2) is 4.98 Å². The number of nitrogens with zero attached hydrogens (tertiary/aromatic N) is 2. The van der Waals surface area contributed by atoms with E-state index in [1.165, 1.54) is 5.69 Å². The first-order chi connectivity index (χ1) is 13.6. The SMILES string of the molecule is CCc1cc(O)c(C)c(-c2ccc3[nH]nc(-c4nc5c([nH]4)CCC=C5)c3c2)c1. The molecule has 3 N–H and O–H groups in total. The predicted molar refractivity (Wildman–Crippen MR) is 112 cm³/mol. The number of aromatic hydroxyl groups is 1. The molecule has 5 heteroatoms. The lowest BCUT2D eigenvalue weighted by Crippen LogP contribution is -1.91. The minimum atomic E-state index is 0.340. The molecule has 5 rings (SSSR count). The Morgan fingerprint density at radius 2 is 2.07 bits per heavy atom. The van der Waals surface area contributed by atoms with Crippen LogP contribution in [0.4, 0.5) is 0 Å². The van der Waals surface area contributed by atoms with Gasteiger partial charge < -0.3 is 10.1 Å². The Morgan fingerprint density at radius 3 is 2.89 bits per heavy atom. The molecule has 2 heterocycles. The van der Waals surface area contributed by atoms with Gasteiger partial charge >= 0.3 is 0 Å². The van der Waals surface area contributed by atoms with Crippen LogP contribution in [0.3, 0.4) is 0 Å². The second-order valence-electron chi connectivity index (χ2n) is 7.36. The molecule has 2 aromatic carbocycles. The topological polar surface area (TPSA) is 77.6 Å². The molecule has 1 aliphatic rings. The second kappa shape index (κ2) is 6.37. The first-order valence-corrected chi connectivity index (χ1v) is 9.71. The molecule has 0 saturated heterocycles. The average Bonchev–Trinajstić information content (AvgIpc) is 3.32. The summed E-state index contributed by atoms with van der Waals surface area (Å²) < 4.78 is 0. The molecule has 0 aliphatic heterocycles. The molecule has 0 atom stereocenters. The maximum absolute atomic E-state index is 10.3. The molecule has 28 heavy (non-hydrogen) atoms. The number of imidazole rings is 1. The third kappa shape index (κ3) is 2.62. The number of nitrogens with one attached hydrogen (secondary N) is 2. The van der Waals surface area contributed by atoms with E-state index in [1.54, 1.807) is 0 Å². The highest BCUT2D eigenvalue weighted by atomic mass is 16.3. The number of aromatic nitrogens is 4. The van der Waals surface area contributed by atoms with Crippen molar-refractivity contribution in [2.45, 2.75) is 33.1 Å². The molecule has 0 radical (unpaired) electrons. The standard InChI is InChI=1S/C23H22N4O/c1-3-14-10-16(13(2)21(28)11-14)15-8-9-18-17(12-15)22(27-26-18)23-24-19-6-4-5-7-20(19)25-23/h4,6,8-12,28H,3,5,7H2,1-2H3,(H,24,25)(H,26,27). The molecule has 0 saturated carbocycles. The van der Waals surface area contributed by atoms with Gasteiger partial charge in [0.05, 0.1) is 11.2 Å². The van der Waals surface area contributed by atoms with Crippen molar-refractivity contribution in [3.05, 3.63) is 58.9 Å². The summed E-state index contributed by atoms with van der Waals surface area (Å²) in [7, 11) is 0. The summed E-state index contributed by atoms with van der Waals surface area (Å²) in [5.41, 5.74) is 8.09. The molecule has 0 fully saturated rings. The summed E-state index contributed by atoms with van der Waals surface area (Å²) in [5, 5.41) is 19.0. The molecule has 0 bridgehead atoms. The Kier molecular flexibility index (Phi) is 3.83. The van der Waals surface area contributed by atoms with Gasteiger partial charge in [-0.05, 0) is 72.7 Å². The van der Waals surface area contributed by atoms with Crippen molar-refractivity contribution in [2.24, 2.45) is 0 Å². The van der Waals surface area contributed by atoms with E-state index < -0.39 is 0 Å². The minimum Gasteiger partial charge on any atom is -0.508 e. The van der Waals surface area contributed by atoms with Gasteiger partial charge in [-0.1, -0.05) is 25.1 Å². The van der Waals surface area contributed by atoms with Gasteiger partial charge in [-0.2, -0.15) is 5.10 Å². The van der Waals surface area contributed by atoms with Crippen molar-refractivity contribution < 1.29 is 5.11 Å². The molecule has 2 aromatic heterocycles. The van der Waals surface area contributed by atoms with Crippen LogP contribution >= 0.6 is 0 Å². The van der Waals surface area contributed by atoms with E-state index in [-0.39, 0.29) is 0 Å². The van der Waals surface area contributed by atoms with Gasteiger partial charge in [0, 0.05) is 11.1 Å². The van der Waals surface area contributed by atoms with Crippen LogP contribution in [0.2, 0.25) is 0 Å². The Balaban J connectivity index is 1.66. The number of H-pyrrole nitrogens is 2. The van der Waals surface area contributed by atoms with Gasteiger partial charge in [-0.3, -0.25) is 5.10 Å². The fraction of sp³-hybridized carbons (Fsp3) is 0.217. The number of hydrogen-bond donors (Lipinski definition) is 3. The molecule has 0 unspecified atom stereocenters. The second-order valence-corrected chi connectivity index (χ2v) is 7.36. The molecule has 0 amide bonds. The monoisotopic (exact) mass is 370 g/mol. The van der Waals surface area contributed by atoms with E-state index >= 15 is 0 Å². The quantitative estimate of drug-likeness (QED) is 0.466. The minimum absolute atomic E-state index is 0.340. The lowest BCUT2D eigenvalue weighted by Gasteiger charge is -2.11. The van der Waals surface area contributed by atoms with E-state index in [4.69, 9.17) is 4.98 Å². The lowest BCUT2D eigenvalue weighted by atomic mass is 9.95. The van der Waals surface area contributed by atoms with Crippen molar-refractivity contribution in [3.63, 3.8) is 0 Å². The van der Waals surface area contributed by atoms with Gasteiger partial charge in [0.1, 0.15) is 11.4 Å². The Labute approximate surface area is 163 Å². The van der Waals surface area contributed by atoms with E-state index in [0.29, 0.717) is 5.75 Å². The maximum Gasteiger partial charge on any atom is 0.159 e. The highest BCUT2D eigenvalue weighted by molar-refractivity contribution is 5.95. The Morgan fingerprint density at radius 1 is 1.18 bits per heavy atom. The van der Waals surface area contributed by atoms with E-state index in [9.17, 15) is 5.11 Å². The normalized spacial score (nSPS) is 13.2. The molecule has 5 nitrogen and oxygen atoms in total. The maximum atomic E-state index is 10.3. The lowest BCUT2D eigenvalue weighted by molar-refractivity contribution is 0.470. The largest absolute Gasteiger partial charge is 0.508 e. The van der Waals surface area contributed by atoms with E-state index in [2.05, 4.69) is 52.5 Å². The number of aromatic amines is 2. The van der Waals surface area contributed by atoms with Crippen molar-refractivity contribution in [3.8, 4) is 28.4 Å². The predicted octanol–water partition coefficient (Wildman–Crippen LogP) is 5.16. The van der Waals surface area contributed by atoms with Gasteiger partial charge in [-0.15, -0.1) is 0 Å². The fourth-order valence-corrected chi connectivity index (χ4v) is 3.91. The molecule has 140 valence electrons. The first kappa shape index (κ1) is 16.8. The average molecular weight is 370 g/mol. The number of phenols is 1. The zero-order chi connectivity index (χ0) is 19.3. The summed E-state index contributed by atoms with van der Waals surface area (Å²) in [6, 6.07) is 10.3. The van der Waals surface area contributed by atoms with Gasteiger partial charge in [0.25, 0.3) is 0 Å². The number of hydrogen-bond acceptors (Lipinski definition) is 3. The number of phenolic OH excluding ortho intramolecular Hbond substituents is 1. The van der Waals surface area contributed by atoms with Crippen LogP contribution in [-0.2, 0) is 12.8 Å². The molecular formula is C23H22N4O. The van der Waals surface area contributed by atoms with E-state index in [0.717, 1.165) is 69.6 Å². The zero-order valence-corrected chi connectivity index (χ0v) is 16.0. The third-order valence-electron chi connectivity index (χ3n) is 5.59. The fourth-order valence-electron chi connectivity index (χ4n) is 3.91.